The third-order valence-corrected chi connectivity index (χ3v) is 3.54. The summed E-state index contributed by atoms with van der Waals surface area (Å²) in [5, 5.41) is 4.86. The first-order valence-electron chi connectivity index (χ1n) is 6.38. The second-order valence-electron chi connectivity index (χ2n) is 4.44. The second kappa shape index (κ2) is 6.24. The van der Waals surface area contributed by atoms with E-state index in [1.165, 1.54) is 6.07 Å². The molecule has 1 heterocycles. The van der Waals surface area contributed by atoms with Crippen molar-refractivity contribution in [1.82, 2.24) is 9.78 Å². The van der Waals surface area contributed by atoms with Crippen molar-refractivity contribution in [3.05, 3.63) is 46.0 Å². The summed E-state index contributed by atoms with van der Waals surface area (Å²) >= 11 is 6.21. The monoisotopic (exact) mass is 297 g/mol. The number of halogens is 2. The maximum atomic E-state index is 13.8. The van der Waals surface area contributed by atoms with Crippen molar-refractivity contribution in [2.75, 3.05) is 0 Å². The molecular formula is C14H17ClFN3O. The number of nitrogens with two attached hydrogens (primary N) is 1. The van der Waals surface area contributed by atoms with Crippen molar-refractivity contribution in [1.29, 1.82) is 0 Å². The molecule has 0 saturated heterocycles. The topological polar surface area (TPSA) is 53.1 Å². The molecule has 1 aromatic carbocycles. The van der Waals surface area contributed by atoms with Crippen molar-refractivity contribution in [3.8, 4) is 5.75 Å². The van der Waals surface area contributed by atoms with E-state index < -0.39 is 5.82 Å². The van der Waals surface area contributed by atoms with Crippen LogP contribution in [0.4, 0.5) is 4.39 Å². The Balaban J connectivity index is 2.15. The first-order valence-corrected chi connectivity index (χ1v) is 6.76. The third-order valence-electron chi connectivity index (χ3n) is 3.10. The van der Waals surface area contributed by atoms with E-state index in [9.17, 15) is 4.39 Å². The van der Waals surface area contributed by atoms with Crippen LogP contribution in [0.25, 0.3) is 0 Å². The minimum Gasteiger partial charge on any atom is -0.484 e. The molecule has 0 saturated carbocycles. The molecule has 0 amide bonds. The molecule has 6 heteroatoms. The van der Waals surface area contributed by atoms with Gasteiger partial charge in [0.2, 0.25) is 0 Å². The smallest absolute Gasteiger partial charge is 0.165 e. The van der Waals surface area contributed by atoms with Gasteiger partial charge < -0.3 is 10.5 Å². The van der Waals surface area contributed by atoms with Crippen LogP contribution in [0.5, 0.6) is 5.75 Å². The summed E-state index contributed by atoms with van der Waals surface area (Å²) in [5.74, 6) is -0.250. The van der Waals surface area contributed by atoms with Crippen LogP contribution in [0.3, 0.4) is 0 Å². The second-order valence-corrected chi connectivity index (χ2v) is 4.82. The number of ether oxygens (including phenoxy) is 1. The van der Waals surface area contributed by atoms with E-state index in [4.69, 9.17) is 22.1 Å². The lowest BCUT2D eigenvalue weighted by Crippen LogP contribution is -2.05. The van der Waals surface area contributed by atoms with E-state index in [-0.39, 0.29) is 12.4 Å². The molecule has 108 valence electrons. The van der Waals surface area contributed by atoms with Gasteiger partial charge in [0.1, 0.15) is 6.61 Å². The molecule has 0 unspecified atom stereocenters. The van der Waals surface area contributed by atoms with Crippen molar-refractivity contribution in [3.63, 3.8) is 0 Å². The molecule has 1 aromatic heterocycles. The Morgan fingerprint density at radius 3 is 2.75 bits per heavy atom. The van der Waals surface area contributed by atoms with Gasteiger partial charge in [-0.15, -0.1) is 0 Å². The predicted octanol–water partition coefficient (Wildman–Crippen LogP) is 2.81. The molecule has 2 N–H and O–H groups in total. The summed E-state index contributed by atoms with van der Waals surface area (Å²) in [5.41, 5.74) is 7.72. The fourth-order valence-corrected chi connectivity index (χ4v) is 2.26. The number of hydrogen-bond acceptors (Lipinski definition) is 3. The maximum absolute atomic E-state index is 13.8. The summed E-state index contributed by atoms with van der Waals surface area (Å²) in [6, 6.07) is 4.68. The number of aryl methyl sites for hydroxylation is 2. The fraction of sp³-hybridized carbons (Fsp3) is 0.357. The van der Waals surface area contributed by atoms with Crippen molar-refractivity contribution < 1.29 is 9.13 Å². The van der Waals surface area contributed by atoms with Gasteiger partial charge in [-0.2, -0.15) is 5.10 Å². The van der Waals surface area contributed by atoms with Crippen LogP contribution in [0, 0.1) is 5.82 Å². The lowest BCUT2D eigenvalue weighted by atomic mass is 10.2. The van der Waals surface area contributed by atoms with Gasteiger partial charge in [0.25, 0.3) is 0 Å². The van der Waals surface area contributed by atoms with Crippen molar-refractivity contribution >= 4 is 11.6 Å². The Bertz CT molecular complexity index is 613. The summed E-state index contributed by atoms with van der Waals surface area (Å²) in [6.07, 6.45) is 0.742. The molecule has 0 radical (unpaired) electrons. The molecule has 4 nitrogen and oxygen atoms in total. The molecular weight excluding hydrogens is 281 g/mol. The number of benzene rings is 1. The van der Waals surface area contributed by atoms with Crippen LogP contribution in [-0.4, -0.2) is 9.78 Å². The molecule has 0 fully saturated rings. The lowest BCUT2D eigenvalue weighted by Gasteiger charge is -2.09. The Morgan fingerprint density at radius 2 is 2.20 bits per heavy atom. The van der Waals surface area contributed by atoms with Crippen molar-refractivity contribution in [2.24, 2.45) is 12.8 Å². The van der Waals surface area contributed by atoms with E-state index in [0.29, 0.717) is 11.6 Å². The SMILES string of the molecule is CCc1nn(C)c(COc2ccc(CN)cc2F)c1Cl. The minimum atomic E-state index is -0.429. The van der Waals surface area contributed by atoms with Gasteiger partial charge in [0.15, 0.2) is 11.6 Å². The Hall–Kier alpha value is -1.59. The standard InChI is InChI=1S/C14H17ClFN3O/c1-3-11-14(15)12(19(2)18-11)8-20-13-5-4-9(7-17)6-10(13)16/h4-6H,3,7-8,17H2,1-2H3. The summed E-state index contributed by atoms with van der Waals surface area (Å²) < 4.78 is 20.9. The van der Waals surface area contributed by atoms with Crippen LogP contribution < -0.4 is 10.5 Å². The molecule has 2 rings (SSSR count). The van der Waals surface area contributed by atoms with Gasteiger partial charge in [-0.1, -0.05) is 24.6 Å². The average molecular weight is 298 g/mol. The van der Waals surface area contributed by atoms with Gasteiger partial charge in [-0.3, -0.25) is 4.68 Å². The van der Waals surface area contributed by atoms with Gasteiger partial charge >= 0.3 is 0 Å². The fourth-order valence-electron chi connectivity index (χ4n) is 1.91. The first-order chi connectivity index (χ1) is 9.56. The molecule has 0 aliphatic carbocycles. The highest BCUT2D eigenvalue weighted by atomic mass is 35.5. The lowest BCUT2D eigenvalue weighted by molar-refractivity contribution is 0.280. The zero-order chi connectivity index (χ0) is 14.7. The Morgan fingerprint density at radius 1 is 1.45 bits per heavy atom. The van der Waals surface area contributed by atoms with Gasteiger partial charge in [0.05, 0.1) is 16.4 Å². The summed E-state index contributed by atoms with van der Waals surface area (Å²) in [6.45, 7) is 2.44. The minimum absolute atomic E-state index is 0.168. The molecule has 0 bridgehead atoms. The number of aromatic nitrogens is 2. The van der Waals surface area contributed by atoms with Gasteiger partial charge in [0, 0.05) is 13.6 Å². The normalized spacial score (nSPS) is 10.8. The van der Waals surface area contributed by atoms with E-state index in [1.807, 2.05) is 6.92 Å². The number of rotatable bonds is 5. The first kappa shape index (κ1) is 14.8. The highest BCUT2D eigenvalue weighted by Gasteiger charge is 2.14. The van der Waals surface area contributed by atoms with Crippen LogP contribution in [0.2, 0.25) is 5.02 Å². The third kappa shape index (κ3) is 2.94. The summed E-state index contributed by atoms with van der Waals surface area (Å²) in [7, 11) is 1.79. The quantitative estimate of drug-likeness (QED) is 0.923. The molecule has 2 aromatic rings. The van der Waals surface area contributed by atoms with Crippen molar-refractivity contribution in [2.45, 2.75) is 26.5 Å². The number of hydrogen-bond donors (Lipinski definition) is 1. The Labute approximate surface area is 122 Å². The maximum Gasteiger partial charge on any atom is 0.165 e. The highest BCUT2D eigenvalue weighted by molar-refractivity contribution is 6.31. The zero-order valence-electron chi connectivity index (χ0n) is 11.5. The number of nitrogens with zero attached hydrogens (tertiary/aromatic N) is 2. The Kier molecular flexibility index (Phi) is 4.62. The van der Waals surface area contributed by atoms with E-state index in [1.54, 1.807) is 23.9 Å². The van der Waals surface area contributed by atoms with E-state index >= 15 is 0 Å². The highest BCUT2D eigenvalue weighted by Crippen LogP contribution is 2.24. The van der Waals surface area contributed by atoms with E-state index in [2.05, 4.69) is 5.10 Å². The molecule has 0 aliphatic heterocycles. The average Bonchev–Trinajstić information content (AvgIpc) is 2.72. The van der Waals surface area contributed by atoms with Gasteiger partial charge in [-0.25, -0.2) is 4.39 Å². The van der Waals surface area contributed by atoms with Crippen LogP contribution in [0.15, 0.2) is 18.2 Å². The van der Waals surface area contributed by atoms with Crippen LogP contribution >= 0.6 is 11.6 Å². The summed E-state index contributed by atoms with van der Waals surface area (Å²) in [4.78, 5) is 0. The zero-order valence-corrected chi connectivity index (χ0v) is 12.2. The molecule has 0 spiro atoms. The van der Waals surface area contributed by atoms with Gasteiger partial charge in [-0.05, 0) is 24.1 Å². The largest absolute Gasteiger partial charge is 0.484 e. The molecule has 20 heavy (non-hydrogen) atoms. The van der Waals surface area contributed by atoms with E-state index in [0.717, 1.165) is 23.4 Å². The molecule has 0 aliphatic rings. The molecule has 0 atom stereocenters. The van der Waals surface area contributed by atoms with Crippen LogP contribution in [0.1, 0.15) is 23.9 Å². The predicted molar refractivity (Wildman–Crippen MR) is 76.2 cm³/mol. The van der Waals surface area contributed by atoms with Crippen LogP contribution in [-0.2, 0) is 26.6 Å².